The Labute approximate surface area is 202 Å². The molecule has 0 radical (unpaired) electrons. The third-order valence-corrected chi connectivity index (χ3v) is 10.2. The fraction of sp³-hybridized carbons (Fsp3) is 0.600. The van der Waals surface area contributed by atoms with Crippen LogP contribution >= 0.6 is 0 Å². The van der Waals surface area contributed by atoms with Crippen molar-refractivity contribution in [2.24, 2.45) is 34.5 Å². The maximum atomic E-state index is 13.9. The van der Waals surface area contributed by atoms with Crippen LogP contribution in [0.1, 0.15) is 81.1 Å². The Morgan fingerprint density at radius 3 is 1.26 bits per heavy atom. The minimum absolute atomic E-state index is 0.0902. The Balaban J connectivity index is 1.73. The summed E-state index contributed by atoms with van der Waals surface area (Å²) >= 11 is 0. The number of hydrogen-bond acceptors (Lipinski definition) is 4. The van der Waals surface area contributed by atoms with Gasteiger partial charge in [-0.15, -0.1) is 0 Å². The Hall–Kier alpha value is -2.36. The third kappa shape index (κ3) is 2.50. The van der Waals surface area contributed by atoms with Crippen LogP contribution in [0.2, 0.25) is 0 Å². The van der Waals surface area contributed by atoms with Gasteiger partial charge in [0.2, 0.25) is 0 Å². The molecule has 0 aliphatic heterocycles. The number of hydrogen-bond donors (Lipinski definition) is 0. The molecule has 4 heteroatoms. The van der Waals surface area contributed by atoms with Gasteiger partial charge in [-0.05, 0) is 74.7 Å². The van der Waals surface area contributed by atoms with Gasteiger partial charge in [0.1, 0.15) is 0 Å². The van der Waals surface area contributed by atoms with Crippen LogP contribution in [-0.2, 0) is 19.2 Å². The van der Waals surface area contributed by atoms with E-state index < -0.39 is 10.8 Å². The van der Waals surface area contributed by atoms with E-state index in [1.165, 1.54) is 0 Å². The highest BCUT2D eigenvalue weighted by molar-refractivity contribution is 6.15. The van der Waals surface area contributed by atoms with E-state index >= 15 is 0 Å². The monoisotopic (exact) mass is 460 g/mol. The second kappa shape index (κ2) is 7.08. The first-order valence-corrected chi connectivity index (χ1v) is 12.7. The highest BCUT2D eigenvalue weighted by atomic mass is 16.1. The highest BCUT2D eigenvalue weighted by Gasteiger charge is 2.79. The van der Waals surface area contributed by atoms with Gasteiger partial charge in [0.05, 0.1) is 0 Å². The molecule has 1 fully saturated rings. The largest absolute Gasteiger partial charge is 0.295 e. The lowest BCUT2D eigenvalue weighted by molar-refractivity contribution is -0.163. The van der Waals surface area contributed by atoms with Crippen molar-refractivity contribution >= 4 is 23.1 Å². The lowest BCUT2D eigenvalue weighted by Gasteiger charge is -2.63. The molecule has 180 valence electrons. The van der Waals surface area contributed by atoms with Crippen LogP contribution in [-0.4, -0.2) is 23.1 Å². The minimum Gasteiger partial charge on any atom is -0.295 e. The number of Topliss-reactive ketones (excluding diaryl/α,β-unsaturated/α-hetero) is 4. The van der Waals surface area contributed by atoms with Gasteiger partial charge < -0.3 is 0 Å². The first kappa shape index (κ1) is 23.4. The predicted molar refractivity (Wildman–Crippen MR) is 131 cm³/mol. The lowest BCUT2D eigenvalue weighted by atomic mass is 9.37. The summed E-state index contributed by atoms with van der Waals surface area (Å²) in [5.41, 5.74) is 6.44. The first-order valence-electron chi connectivity index (χ1n) is 12.7. The van der Waals surface area contributed by atoms with Gasteiger partial charge in [-0.1, -0.05) is 50.0 Å². The topological polar surface area (TPSA) is 68.3 Å². The second-order valence-electron chi connectivity index (χ2n) is 12.2. The minimum atomic E-state index is -0.504. The maximum Gasteiger partial charge on any atom is 0.163 e. The summed E-state index contributed by atoms with van der Waals surface area (Å²) in [5.74, 6) is -0.518. The van der Waals surface area contributed by atoms with Crippen molar-refractivity contribution in [1.29, 1.82) is 0 Å². The second-order valence-corrected chi connectivity index (χ2v) is 12.2. The third-order valence-electron chi connectivity index (χ3n) is 10.2. The molecule has 0 N–H and O–H groups in total. The van der Waals surface area contributed by atoms with Gasteiger partial charge in [-0.25, -0.2) is 0 Å². The Morgan fingerprint density at radius 2 is 0.971 bits per heavy atom. The molecule has 0 aromatic heterocycles. The van der Waals surface area contributed by atoms with Crippen molar-refractivity contribution in [3.8, 4) is 0 Å². The van der Waals surface area contributed by atoms with Crippen LogP contribution in [0.4, 0.5) is 0 Å². The number of carbonyl (C=O) groups excluding carboxylic acids is 4. The lowest BCUT2D eigenvalue weighted by Crippen LogP contribution is -2.64. The van der Waals surface area contributed by atoms with Crippen LogP contribution < -0.4 is 0 Å². The fourth-order valence-corrected chi connectivity index (χ4v) is 8.34. The van der Waals surface area contributed by atoms with Crippen LogP contribution in [0.5, 0.6) is 0 Å². The van der Waals surface area contributed by atoms with Crippen molar-refractivity contribution in [3.05, 3.63) is 44.6 Å². The molecule has 0 aromatic carbocycles. The standard InChI is InChI=1S/C30H36O4/c1-13(2)17-11-19-23(15(5)9-21(17)31)27(33)25-26-28(34)24-16(6)10-22(32)18(14(3)4)12-20(24)30(26,8)29(19,25)7/h15-16,25-26H,9-12H2,1-8H3/t15?,16?,25-,26-,29+,30+/m0/s1. The zero-order valence-corrected chi connectivity index (χ0v) is 21.8. The van der Waals surface area contributed by atoms with Crippen LogP contribution in [0, 0.1) is 34.5 Å². The van der Waals surface area contributed by atoms with Crippen LogP contribution in [0.3, 0.4) is 0 Å². The van der Waals surface area contributed by atoms with Crippen molar-refractivity contribution in [1.82, 2.24) is 0 Å². The average Bonchev–Trinajstić information content (AvgIpc) is 2.89. The molecule has 6 atom stereocenters. The van der Waals surface area contributed by atoms with E-state index in [4.69, 9.17) is 0 Å². The summed E-state index contributed by atoms with van der Waals surface area (Å²) < 4.78 is 0. The van der Waals surface area contributed by atoms with E-state index in [9.17, 15) is 19.2 Å². The molecule has 5 aliphatic carbocycles. The molecule has 0 aromatic rings. The molecule has 1 saturated carbocycles. The predicted octanol–water partition coefficient (Wildman–Crippen LogP) is 5.67. The molecule has 0 amide bonds. The van der Waals surface area contributed by atoms with Gasteiger partial charge in [-0.2, -0.15) is 0 Å². The summed E-state index contributed by atoms with van der Waals surface area (Å²) in [4.78, 5) is 54.0. The molecule has 2 unspecified atom stereocenters. The summed E-state index contributed by atoms with van der Waals surface area (Å²) in [6, 6.07) is 0. The number of ketones is 4. The molecule has 4 nitrogen and oxygen atoms in total. The average molecular weight is 461 g/mol. The molecular formula is C30H36O4. The molecule has 34 heavy (non-hydrogen) atoms. The summed E-state index contributed by atoms with van der Waals surface area (Å²) in [5, 5.41) is 0. The van der Waals surface area contributed by atoms with Gasteiger partial charge >= 0.3 is 0 Å². The quantitative estimate of drug-likeness (QED) is 0.437. The van der Waals surface area contributed by atoms with Crippen molar-refractivity contribution < 1.29 is 19.2 Å². The number of fused-ring (bicyclic) bond motifs is 6. The van der Waals surface area contributed by atoms with Crippen molar-refractivity contribution in [2.45, 2.75) is 81.1 Å². The van der Waals surface area contributed by atoms with E-state index in [0.29, 0.717) is 25.7 Å². The zero-order chi connectivity index (χ0) is 25.1. The number of carbonyl (C=O) groups is 4. The van der Waals surface area contributed by atoms with Crippen LogP contribution in [0.15, 0.2) is 44.6 Å². The molecule has 0 spiro atoms. The molecule has 5 aliphatic rings. The fourth-order valence-electron chi connectivity index (χ4n) is 8.34. The van der Waals surface area contributed by atoms with E-state index in [-0.39, 0.29) is 46.8 Å². The van der Waals surface area contributed by atoms with Gasteiger partial charge in [0, 0.05) is 35.5 Å². The van der Waals surface area contributed by atoms with E-state index in [1.54, 1.807) is 0 Å². The van der Waals surface area contributed by atoms with Gasteiger partial charge in [0.25, 0.3) is 0 Å². The van der Waals surface area contributed by atoms with Crippen molar-refractivity contribution in [3.63, 3.8) is 0 Å². The van der Waals surface area contributed by atoms with Gasteiger partial charge in [-0.3, -0.25) is 19.2 Å². The van der Waals surface area contributed by atoms with Crippen LogP contribution in [0.25, 0.3) is 0 Å². The molecule has 0 saturated heterocycles. The number of rotatable bonds is 0. The molecule has 0 heterocycles. The Bertz CT molecular complexity index is 1130. The van der Waals surface area contributed by atoms with Crippen molar-refractivity contribution in [2.75, 3.05) is 0 Å². The zero-order valence-electron chi connectivity index (χ0n) is 21.8. The van der Waals surface area contributed by atoms with E-state index in [1.807, 2.05) is 41.5 Å². The highest BCUT2D eigenvalue weighted by Crippen LogP contribution is 2.79. The molecule has 0 bridgehead atoms. The summed E-state index contributed by atoms with van der Waals surface area (Å²) in [6.45, 7) is 16.2. The smallest absolute Gasteiger partial charge is 0.163 e. The molecule has 5 rings (SSSR count). The summed E-state index contributed by atoms with van der Waals surface area (Å²) in [7, 11) is 0. The summed E-state index contributed by atoms with van der Waals surface area (Å²) in [6.07, 6.45) is 1.71. The first-order chi connectivity index (χ1) is 15.8. The number of allylic oxidation sites excluding steroid dienone is 8. The Kier molecular flexibility index (Phi) is 4.87. The maximum absolute atomic E-state index is 13.9. The molecular weight excluding hydrogens is 424 g/mol. The normalized spacial score (nSPS) is 39.4. The van der Waals surface area contributed by atoms with E-state index in [0.717, 1.165) is 44.6 Å². The Morgan fingerprint density at radius 1 is 0.647 bits per heavy atom. The van der Waals surface area contributed by atoms with E-state index in [2.05, 4.69) is 13.8 Å². The van der Waals surface area contributed by atoms with Gasteiger partial charge in [0.15, 0.2) is 23.1 Å². The SMILES string of the molecule is CC(C)=C1CC2=C(C(=O)[C@@H]3[C@H]4C(=O)C5=C(CC(=C(C)C)C(=O)CC5C)[C@@]4(C)[C@]23C)C(C)CC1=O.